The minimum atomic E-state index is 0.233. The van der Waals surface area contributed by atoms with E-state index in [2.05, 4.69) is 42.5 Å². The summed E-state index contributed by atoms with van der Waals surface area (Å²) in [5, 5.41) is 8.28. The molecule has 3 nitrogen and oxygen atoms in total. The van der Waals surface area contributed by atoms with E-state index in [0.717, 1.165) is 23.4 Å². The van der Waals surface area contributed by atoms with E-state index in [-0.39, 0.29) is 5.41 Å². The quantitative estimate of drug-likeness (QED) is 0.826. The average Bonchev–Trinajstić information content (AvgIpc) is 2.88. The Labute approximate surface area is 141 Å². The zero-order valence-electron chi connectivity index (χ0n) is 13.3. The van der Waals surface area contributed by atoms with Gasteiger partial charge in [0.25, 0.3) is 0 Å². The van der Waals surface area contributed by atoms with Crippen molar-refractivity contribution in [3.05, 3.63) is 45.7 Å². The molecule has 0 aliphatic heterocycles. The summed E-state index contributed by atoms with van der Waals surface area (Å²) < 4.78 is 1.65. The van der Waals surface area contributed by atoms with Crippen LogP contribution in [0, 0.1) is 6.92 Å². The third-order valence-electron chi connectivity index (χ3n) is 4.53. The molecule has 1 N–H and O–H groups in total. The van der Waals surface area contributed by atoms with Crippen molar-refractivity contribution in [2.45, 2.75) is 39.0 Å². The van der Waals surface area contributed by atoms with Gasteiger partial charge in [-0.2, -0.15) is 5.10 Å². The second-order valence-electron chi connectivity index (χ2n) is 6.54. The summed E-state index contributed by atoms with van der Waals surface area (Å²) in [6.07, 6.45) is 2.24. The zero-order chi connectivity index (χ0) is 16.1. The minimum Gasteiger partial charge on any atom is -0.346 e. The maximum atomic E-state index is 6.31. The largest absolute Gasteiger partial charge is 0.346 e. The van der Waals surface area contributed by atoms with Gasteiger partial charge in [-0.15, -0.1) is 0 Å². The first-order valence-corrected chi connectivity index (χ1v) is 8.22. The number of halogens is 1. The van der Waals surface area contributed by atoms with Crippen molar-refractivity contribution in [1.82, 2.24) is 9.78 Å². The summed E-state index contributed by atoms with van der Waals surface area (Å²) in [6, 6.07) is 6.40. The Kier molecular flexibility index (Phi) is 3.77. The maximum absolute atomic E-state index is 6.31. The van der Waals surface area contributed by atoms with Gasteiger partial charge in [0.15, 0.2) is 0 Å². The lowest BCUT2D eigenvalue weighted by Gasteiger charge is -2.19. The van der Waals surface area contributed by atoms with Crippen molar-refractivity contribution in [3.8, 4) is 0 Å². The molecule has 1 heterocycles. The molecule has 22 heavy (non-hydrogen) atoms. The monoisotopic (exact) mass is 333 g/mol. The third kappa shape index (κ3) is 2.44. The van der Waals surface area contributed by atoms with Gasteiger partial charge in [-0.3, -0.25) is 4.68 Å². The average molecular weight is 334 g/mol. The molecular weight excluding hydrogens is 314 g/mol. The van der Waals surface area contributed by atoms with Crippen LogP contribution in [0.25, 0.3) is 0 Å². The lowest BCUT2D eigenvalue weighted by atomic mass is 9.86. The molecule has 0 saturated heterocycles. The SMILES string of the molecule is Cc1nn(C)c(Cl)c1C(=S)Nc1cccc2c1CCC2(C)C. The van der Waals surface area contributed by atoms with E-state index in [1.54, 1.807) is 4.68 Å². The Morgan fingerprint density at radius 3 is 2.77 bits per heavy atom. The highest BCUT2D eigenvalue weighted by Gasteiger charge is 2.31. The number of aromatic nitrogens is 2. The Morgan fingerprint density at radius 1 is 1.41 bits per heavy atom. The predicted octanol–water partition coefficient (Wildman–Crippen LogP) is 4.39. The molecule has 5 heteroatoms. The molecule has 1 aliphatic carbocycles. The number of nitrogens with zero attached hydrogens (tertiary/aromatic N) is 2. The van der Waals surface area contributed by atoms with Gasteiger partial charge in [-0.25, -0.2) is 0 Å². The summed E-state index contributed by atoms with van der Waals surface area (Å²) in [6.45, 7) is 6.51. The lowest BCUT2D eigenvalue weighted by molar-refractivity contribution is 0.522. The maximum Gasteiger partial charge on any atom is 0.137 e. The molecule has 3 rings (SSSR count). The zero-order valence-corrected chi connectivity index (χ0v) is 14.9. The summed E-state index contributed by atoms with van der Waals surface area (Å²) in [5.74, 6) is 0. The molecule has 0 unspecified atom stereocenters. The number of aryl methyl sites for hydroxylation is 2. The molecule has 0 saturated carbocycles. The van der Waals surface area contributed by atoms with Crippen LogP contribution in [0.4, 0.5) is 5.69 Å². The van der Waals surface area contributed by atoms with Gasteiger partial charge in [0.1, 0.15) is 10.1 Å². The summed E-state index contributed by atoms with van der Waals surface area (Å²) >= 11 is 11.9. The van der Waals surface area contributed by atoms with Crippen molar-refractivity contribution in [2.75, 3.05) is 5.32 Å². The first-order valence-electron chi connectivity index (χ1n) is 7.44. The Morgan fingerprint density at radius 2 is 2.14 bits per heavy atom. The third-order valence-corrected chi connectivity index (χ3v) is 5.27. The van der Waals surface area contributed by atoms with Crippen LogP contribution in [0.1, 0.15) is 42.7 Å². The van der Waals surface area contributed by atoms with Gasteiger partial charge in [-0.05, 0) is 42.4 Å². The molecule has 1 aromatic carbocycles. The fraction of sp³-hybridized carbons (Fsp3) is 0.412. The first-order chi connectivity index (χ1) is 10.3. The van der Waals surface area contributed by atoms with Crippen molar-refractivity contribution in [2.24, 2.45) is 7.05 Å². The molecule has 0 radical (unpaired) electrons. The molecule has 2 aromatic rings. The van der Waals surface area contributed by atoms with Crippen LogP contribution >= 0.6 is 23.8 Å². The topological polar surface area (TPSA) is 29.9 Å². The summed E-state index contributed by atoms with van der Waals surface area (Å²) in [5.41, 5.74) is 5.76. The Bertz CT molecular complexity index is 762. The van der Waals surface area contributed by atoms with Crippen molar-refractivity contribution < 1.29 is 0 Å². The van der Waals surface area contributed by atoms with Crippen LogP contribution in [-0.2, 0) is 18.9 Å². The van der Waals surface area contributed by atoms with Crippen molar-refractivity contribution in [1.29, 1.82) is 0 Å². The number of fused-ring (bicyclic) bond motifs is 1. The van der Waals surface area contributed by atoms with Crippen LogP contribution in [0.3, 0.4) is 0 Å². The number of thiocarbonyl (C=S) groups is 1. The van der Waals surface area contributed by atoms with Crippen molar-refractivity contribution in [3.63, 3.8) is 0 Å². The van der Waals surface area contributed by atoms with Crippen LogP contribution in [-0.4, -0.2) is 14.8 Å². The van der Waals surface area contributed by atoms with E-state index in [9.17, 15) is 0 Å². The molecule has 116 valence electrons. The normalized spacial score (nSPS) is 15.7. The Hall–Kier alpha value is -1.39. The highest BCUT2D eigenvalue weighted by Crippen LogP contribution is 2.41. The number of hydrogen-bond donors (Lipinski definition) is 1. The fourth-order valence-electron chi connectivity index (χ4n) is 3.25. The van der Waals surface area contributed by atoms with Crippen molar-refractivity contribution >= 4 is 34.5 Å². The standard InChI is InChI=1S/C17H20ClN3S/c1-10-14(15(18)21(4)20-10)16(22)19-13-7-5-6-12-11(13)8-9-17(12,2)3/h5-7H,8-9H2,1-4H3,(H,19,22). The lowest BCUT2D eigenvalue weighted by Crippen LogP contribution is -2.14. The van der Waals surface area contributed by atoms with Gasteiger partial charge >= 0.3 is 0 Å². The van der Waals surface area contributed by atoms with E-state index in [1.165, 1.54) is 17.5 Å². The molecule has 0 bridgehead atoms. The fourth-order valence-corrected chi connectivity index (χ4v) is 3.93. The second-order valence-corrected chi connectivity index (χ2v) is 7.31. The van der Waals surface area contributed by atoms with Crippen LogP contribution in [0.2, 0.25) is 5.15 Å². The first kappa shape index (κ1) is 15.5. The number of nitrogens with one attached hydrogen (secondary N) is 1. The highest BCUT2D eigenvalue weighted by atomic mass is 35.5. The number of anilines is 1. The number of benzene rings is 1. The van der Waals surface area contributed by atoms with E-state index in [4.69, 9.17) is 23.8 Å². The highest BCUT2D eigenvalue weighted by molar-refractivity contribution is 7.81. The van der Waals surface area contributed by atoms with Gasteiger partial charge < -0.3 is 5.32 Å². The van der Waals surface area contributed by atoms with Crippen LogP contribution < -0.4 is 5.32 Å². The molecule has 0 amide bonds. The molecule has 0 atom stereocenters. The van der Waals surface area contributed by atoms with Gasteiger partial charge in [0.05, 0.1) is 11.3 Å². The van der Waals surface area contributed by atoms with E-state index in [1.807, 2.05) is 14.0 Å². The summed E-state index contributed by atoms with van der Waals surface area (Å²) in [7, 11) is 1.82. The molecular formula is C17H20ClN3S. The second kappa shape index (κ2) is 5.36. The number of hydrogen-bond acceptors (Lipinski definition) is 2. The molecule has 0 spiro atoms. The minimum absolute atomic E-state index is 0.233. The van der Waals surface area contributed by atoms with E-state index in [0.29, 0.717) is 10.1 Å². The van der Waals surface area contributed by atoms with E-state index < -0.39 is 0 Å². The molecule has 0 fully saturated rings. The van der Waals surface area contributed by atoms with Crippen LogP contribution in [0.5, 0.6) is 0 Å². The van der Waals surface area contributed by atoms with Gasteiger partial charge in [0, 0.05) is 12.7 Å². The number of rotatable bonds is 2. The van der Waals surface area contributed by atoms with E-state index >= 15 is 0 Å². The molecule has 1 aliphatic rings. The van der Waals surface area contributed by atoms with Crippen LogP contribution in [0.15, 0.2) is 18.2 Å². The smallest absolute Gasteiger partial charge is 0.137 e. The van der Waals surface area contributed by atoms with Gasteiger partial charge in [-0.1, -0.05) is 49.8 Å². The predicted molar refractivity (Wildman–Crippen MR) is 96.1 cm³/mol. The van der Waals surface area contributed by atoms with Gasteiger partial charge in [0.2, 0.25) is 0 Å². The summed E-state index contributed by atoms with van der Waals surface area (Å²) in [4.78, 5) is 0.633. The Balaban J connectivity index is 1.95. The molecule has 1 aromatic heterocycles.